The van der Waals surface area contributed by atoms with Gasteiger partial charge in [0.1, 0.15) is 5.60 Å². The van der Waals surface area contributed by atoms with Crippen molar-refractivity contribution in [2.24, 2.45) is 11.8 Å². The molecule has 4 heteroatoms. The molecule has 1 aliphatic carbocycles. The summed E-state index contributed by atoms with van der Waals surface area (Å²) in [7, 11) is 0. The summed E-state index contributed by atoms with van der Waals surface area (Å²) in [6.45, 7) is 5.55. The molecular formula is C24H31NO3. The molecule has 1 spiro atoms. The van der Waals surface area contributed by atoms with Crippen LogP contribution >= 0.6 is 0 Å². The lowest BCUT2D eigenvalue weighted by Gasteiger charge is -2.39. The highest BCUT2D eigenvalue weighted by Gasteiger charge is 2.51. The van der Waals surface area contributed by atoms with Crippen molar-refractivity contribution in [3.05, 3.63) is 47.0 Å². The van der Waals surface area contributed by atoms with E-state index < -0.39 is 5.60 Å². The van der Waals surface area contributed by atoms with Gasteiger partial charge in [0.15, 0.2) is 0 Å². The normalized spacial score (nSPS) is 28.7. The SMILES string of the molecule is CC1=C(C(=O)N2CCC(Cc3ccccc3)CC2)C2(CCC(C)CC2)OC1=O. The van der Waals surface area contributed by atoms with Crippen LogP contribution < -0.4 is 0 Å². The number of hydrogen-bond acceptors (Lipinski definition) is 3. The van der Waals surface area contributed by atoms with Crippen LogP contribution in [0.25, 0.3) is 0 Å². The summed E-state index contributed by atoms with van der Waals surface area (Å²) >= 11 is 0. The van der Waals surface area contributed by atoms with E-state index in [0.29, 0.717) is 23.0 Å². The van der Waals surface area contributed by atoms with Crippen molar-refractivity contribution in [3.63, 3.8) is 0 Å². The summed E-state index contributed by atoms with van der Waals surface area (Å²) in [4.78, 5) is 27.7. The molecule has 1 aromatic carbocycles. The molecule has 0 aromatic heterocycles. The molecule has 150 valence electrons. The predicted molar refractivity (Wildman–Crippen MR) is 109 cm³/mol. The van der Waals surface area contributed by atoms with Gasteiger partial charge in [-0.15, -0.1) is 0 Å². The molecule has 4 nitrogen and oxygen atoms in total. The van der Waals surface area contributed by atoms with Gasteiger partial charge in [0.2, 0.25) is 0 Å². The minimum atomic E-state index is -0.661. The van der Waals surface area contributed by atoms with Crippen LogP contribution in [0.2, 0.25) is 0 Å². The summed E-state index contributed by atoms with van der Waals surface area (Å²) in [5.41, 5.74) is 1.90. The molecule has 2 fully saturated rings. The van der Waals surface area contributed by atoms with Gasteiger partial charge in [0.05, 0.1) is 5.57 Å². The van der Waals surface area contributed by atoms with Crippen LogP contribution in [-0.2, 0) is 20.7 Å². The smallest absolute Gasteiger partial charge is 0.335 e. The average molecular weight is 382 g/mol. The van der Waals surface area contributed by atoms with Crippen molar-refractivity contribution in [3.8, 4) is 0 Å². The third-order valence-corrected chi connectivity index (χ3v) is 6.99. The first-order chi connectivity index (χ1) is 13.5. The van der Waals surface area contributed by atoms with Crippen molar-refractivity contribution < 1.29 is 14.3 Å². The maximum absolute atomic E-state index is 13.4. The number of carbonyl (C=O) groups excluding carboxylic acids is 2. The summed E-state index contributed by atoms with van der Waals surface area (Å²) in [5, 5.41) is 0. The topological polar surface area (TPSA) is 46.6 Å². The largest absolute Gasteiger partial charge is 0.451 e. The van der Waals surface area contributed by atoms with Gasteiger partial charge in [0.25, 0.3) is 5.91 Å². The first kappa shape index (κ1) is 19.2. The molecule has 4 rings (SSSR count). The minimum absolute atomic E-state index is 0.0380. The van der Waals surface area contributed by atoms with E-state index in [4.69, 9.17) is 4.74 Å². The second-order valence-corrected chi connectivity index (χ2v) is 8.99. The molecule has 2 aliphatic heterocycles. The van der Waals surface area contributed by atoms with E-state index in [2.05, 4.69) is 31.2 Å². The van der Waals surface area contributed by atoms with E-state index in [0.717, 1.165) is 58.0 Å². The fourth-order valence-corrected chi connectivity index (χ4v) is 5.13. The fraction of sp³-hybridized carbons (Fsp3) is 0.583. The van der Waals surface area contributed by atoms with E-state index in [1.807, 2.05) is 11.0 Å². The van der Waals surface area contributed by atoms with Crippen LogP contribution in [0.4, 0.5) is 0 Å². The highest BCUT2D eigenvalue weighted by molar-refractivity contribution is 6.07. The van der Waals surface area contributed by atoms with E-state index >= 15 is 0 Å². The van der Waals surface area contributed by atoms with Gasteiger partial charge in [-0.25, -0.2) is 4.79 Å². The Hall–Kier alpha value is -2.10. The number of hydrogen-bond donors (Lipinski definition) is 0. The first-order valence-corrected chi connectivity index (χ1v) is 10.8. The van der Waals surface area contributed by atoms with Crippen molar-refractivity contribution >= 4 is 11.9 Å². The number of ether oxygens (including phenoxy) is 1. The van der Waals surface area contributed by atoms with Crippen LogP contribution in [0.1, 0.15) is 57.9 Å². The van der Waals surface area contributed by atoms with Crippen LogP contribution in [0.15, 0.2) is 41.5 Å². The van der Waals surface area contributed by atoms with Gasteiger partial charge in [0, 0.05) is 18.7 Å². The molecule has 1 saturated heterocycles. The van der Waals surface area contributed by atoms with E-state index in [-0.39, 0.29) is 11.9 Å². The van der Waals surface area contributed by atoms with E-state index in [9.17, 15) is 9.59 Å². The van der Waals surface area contributed by atoms with Gasteiger partial charge in [-0.05, 0) is 69.3 Å². The number of benzene rings is 1. The van der Waals surface area contributed by atoms with Gasteiger partial charge in [-0.2, -0.15) is 0 Å². The van der Waals surface area contributed by atoms with Crippen LogP contribution in [0.5, 0.6) is 0 Å². The number of piperidine rings is 1. The van der Waals surface area contributed by atoms with Crippen molar-refractivity contribution in [1.29, 1.82) is 0 Å². The maximum Gasteiger partial charge on any atom is 0.335 e. The molecule has 3 aliphatic rings. The zero-order chi connectivity index (χ0) is 19.7. The third-order valence-electron chi connectivity index (χ3n) is 6.99. The molecule has 1 saturated carbocycles. The lowest BCUT2D eigenvalue weighted by molar-refractivity contribution is -0.151. The highest BCUT2D eigenvalue weighted by atomic mass is 16.6. The zero-order valence-corrected chi connectivity index (χ0v) is 17.1. The molecule has 0 radical (unpaired) electrons. The number of rotatable bonds is 3. The molecule has 0 unspecified atom stereocenters. The van der Waals surface area contributed by atoms with Crippen molar-refractivity contribution in [2.45, 2.75) is 64.4 Å². The molecule has 2 heterocycles. The number of nitrogens with zero attached hydrogens (tertiary/aromatic N) is 1. The predicted octanol–water partition coefficient (Wildman–Crippen LogP) is 4.29. The average Bonchev–Trinajstić information content (AvgIpc) is 2.95. The summed E-state index contributed by atoms with van der Waals surface area (Å²) in [5.74, 6) is 0.996. The van der Waals surface area contributed by atoms with Gasteiger partial charge in [-0.1, -0.05) is 37.3 Å². The lowest BCUT2D eigenvalue weighted by Crippen LogP contribution is -2.46. The molecule has 1 aromatic rings. The Bertz CT molecular complexity index is 766. The van der Waals surface area contributed by atoms with Gasteiger partial charge >= 0.3 is 5.97 Å². The van der Waals surface area contributed by atoms with E-state index in [1.54, 1.807) is 6.92 Å². The molecular weight excluding hydrogens is 350 g/mol. The second-order valence-electron chi connectivity index (χ2n) is 8.99. The van der Waals surface area contributed by atoms with Crippen molar-refractivity contribution in [2.75, 3.05) is 13.1 Å². The van der Waals surface area contributed by atoms with E-state index in [1.165, 1.54) is 5.56 Å². The Kier molecular flexibility index (Phi) is 5.31. The van der Waals surface area contributed by atoms with Crippen LogP contribution in [0.3, 0.4) is 0 Å². The highest BCUT2D eigenvalue weighted by Crippen LogP contribution is 2.46. The minimum Gasteiger partial charge on any atom is -0.451 e. The second kappa shape index (κ2) is 7.73. The Morgan fingerprint density at radius 2 is 1.75 bits per heavy atom. The van der Waals surface area contributed by atoms with Gasteiger partial charge in [-0.3, -0.25) is 4.79 Å². The monoisotopic (exact) mass is 381 g/mol. The first-order valence-electron chi connectivity index (χ1n) is 10.8. The molecule has 1 amide bonds. The van der Waals surface area contributed by atoms with Crippen molar-refractivity contribution in [1.82, 2.24) is 4.90 Å². The molecule has 0 N–H and O–H groups in total. The zero-order valence-electron chi connectivity index (χ0n) is 17.1. The number of esters is 1. The third kappa shape index (κ3) is 3.61. The summed E-state index contributed by atoms with van der Waals surface area (Å²) in [6, 6.07) is 10.6. The van der Waals surface area contributed by atoms with Crippen LogP contribution in [-0.4, -0.2) is 35.5 Å². The number of likely N-dealkylation sites (tertiary alicyclic amines) is 1. The molecule has 0 atom stereocenters. The summed E-state index contributed by atoms with van der Waals surface area (Å²) < 4.78 is 5.81. The number of carbonyl (C=O) groups is 2. The Balaban J connectivity index is 1.43. The molecule has 28 heavy (non-hydrogen) atoms. The van der Waals surface area contributed by atoms with Gasteiger partial charge < -0.3 is 9.64 Å². The maximum atomic E-state index is 13.4. The molecule has 0 bridgehead atoms. The Morgan fingerprint density at radius 1 is 1.11 bits per heavy atom. The summed E-state index contributed by atoms with van der Waals surface area (Å²) in [6.07, 6.45) is 6.70. The number of amides is 1. The Morgan fingerprint density at radius 3 is 2.39 bits per heavy atom. The standard InChI is InChI=1S/C24H31NO3/c1-17-8-12-24(13-9-17)21(18(2)23(27)28-24)22(26)25-14-10-20(11-15-25)16-19-6-4-3-5-7-19/h3-7,17,20H,8-16H2,1-2H3. The van der Waals surface area contributed by atoms with Crippen LogP contribution in [0, 0.1) is 11.8 Å². The fourth-order valence-electron chi connectivity index (χ4n) is 5.13. The quantitative estimate of drug-likeness (QED) is 0.734. The Labute approximate surface area is 167 Å². The lowest BCUT2D eigenvalue weighted by atomic mass is 9.74.